The molecular weight excluding hydrogens is 340 g/mol. The molecule has 0 saturated heterocycles. The monoisotopic (exact) mass is 374 g/mol. The van der Waals surface area contributed by atoms with E-state index in [0.29, 0.717) is 11.8 Å². The average molecular weight is 375 g/mol. The maximum absolute atomic E-state index is 13.6. The van der Waals surface area contributed by atoms with Gasteiger partial charge < -0.3 is 0 Å². The summed E-state index contributed by atoms with van der Waals surface area (Å²) in [6, 6.07) is 12.8. The summed E-state index contributed by atoms with van der Waals surface area (Å²) in [6.07, 6.45) is 13.1. The summed E-state index contributed by atoms with van der Waals surface area (Å²) in [4.78, 5) is 13.6. The highest BCUT2D eigenvalue weighted by Crippen LogP contribution is 2.37. The summed E-state index contributed by atoms with van der Waals surface area (Å²) in [5.41, 5.74) is 7.06. The maximum atomic E-state index is 13.6. The SMILES string of the molecule is Cc1c(C(=O)c2cccc(C3CCCCC3)c2C)cccc1C1CCCCC1. The fourth-order valence-corrected chi connectivity index (χ4v) is 5.66. The van der Waals surface area contributed by atoms with E-state index in [9.17, 15) is 4.79 Å². The predicted octanol–water partition coefficient (Wildman–Crippen LogP) is 7.63. The Morgan fingerprint density at radius 2 is 1.04 bits per heavy atom. The predicted molar refractivity (Wildman–Crippen MR) is 117 cm³/mol. The van der Waals surface area contributed by atoms with Crippen molar-refractivity contribution in [2.45, 2.75) is 89.9 Å². The van der Waals surface area contributed by atoms with Gasteiger partial charge in [-0.3, -0.25) is 4.79 Å². The molecule has 0 N–H and O–H groups in total. The third-order valence-corrected chi connectivity index (χ3v) is 7.33. The number of ketones is 1. The summed E-state index contributed by atoms with van der Waals surface area (Å²) < 4.78 is 0. The zero-order valence-corrected chi connectivity index (χ0v) is 17.6. The molecule has 1 nitrogen and oxygen atoms in total. The van der Waals surface area contributed by atoms with Crippen molar-refractivity contribution in [3.63, 3.8) is 0 Å². The van der Waals surface area contributed by atoms with E-state index < -0.39 is 0 Å². The minimum Gasteiger partial charge on any atom is -0.289 e. The van der Waals surface area contributed by atoms with E-state index in [1.165, 1.54) is 86.5 Å². The molecule has 2 aliphatic carbocycles. The first kappa shape index (κ1) is 19.4. The van der Waals surface area contributed by atoms with E-state index in [4.69, 9.17) is 0 Å². The first-order valence-corrected chi connectivity index (χ1v) is 11.4. The highest BCUT2D eigenvalue weighted by Gasteiger charge is 2.24. The smallest absolute Gasteiger partial charge is 0.193 e. The Bertz CT molecular complexity index is 766. The first-order chi connectivity index (χ1) is 13.7. The van der Waals surface area contributed by atoms with Crippen molar-refractivity contribution < 1.29 is 4.79 Å². The van der Waals surface area contributed by atoms with Crippen LogP contribution in [-0.4, -0.2) is 5.78 Å². The fourth-order valence-electron chi connectivity index (χ4n) is 5.66. The van der Waals surface area contributed by atoms with Crippen molar-refractivity contribution in [1.82, 2.24) is 0 Å². The minimum absolute atomic E-state index is 0.213. The van der Waals surface area contributed by atoms with Crippen LogP contribution in [0.2, 0.25) is 0 Å². The molecule has 1 heteroatoms. The first-order valence-electron chi connectivity index (χ1n) is 11.4. The number of carbonyl (C=O) groups excluding carboxylic acids is 1. The highest BCUT2D eigenvalue weighted by molar-refractivity contribution is 6.11. The molecule has 0 spiro atoms. The fraction of sp³-hybridized carbons (Fsp3) is 0.519. The molecule has 0 heterocycles. The van der Waals surface area contributed by atoms with Crippen molar-refractivity contribution in [2.75, 3.05) is 0 Å². The van der Waals surface area contributed by atoms with Gasteiger partial charge >= 0.3 is 0 Å². The van der Waals surface area contributed by atoms with Crippen LogP contribution in [0, 0.1) is 13.8 Å². The van der Waals surface area contributed by atoms with Gasteiger partial charge in [-0.25, -0.2) is 0 Å². The van der Waals surface area contributed by atoms with Crippen LogP contribution >= 0.6 is 0 Å². The van der Waals surface area contributed by atoms with Gasteiger partial charge in [0.05, 0.1) is 0 Å². The van der Waals surface area contributed by atoms with E-state index in [0.717, 1.165) is 11.1 Å². The van der Waals surface area contributed by atoms with Crippen LogP contribution in [0.5, 0.6) is 0 Å². The van der Waals surface area contributed by atoms with Gasteiger partial charge in [0.1, 0.15) is 0 Å². The summed E-state index contributed by atoms with van der Waals surface area (Å²) in [6.45, 7) is 4.33. The second-order valence-electron chi connectivity index (χ2n) is 9.04. The quantitative estimate of drug-likeness (QED) is 0.503. The van der Waals surface area contributed by atoms with Gasteiger partial charge in [0, 0.05) is 11.1 Å². The van der Waals surface area contributed by atoms with Crippen LogP contribution in [0.1, 0.15) is 114 Å². The third-order valence-electron chi connectivity index (χ3n) is 7.33. The van der Waals surface area contributed by atoms with E-state index in [1.807, 2.05) is 12.1 Å². The molecule has 4 rings (SSSR count). The normalized spacial score (nSPS) is 18.9. The molecule has 2 aromatic rings. The molecule has 0 bridgehead atoms. The molecule has 0 unspecified atom stereocenters. The summed E-state index contributed by atoms with van der Waals surface area (Å²) in [5, 5.41) is 0. The standard InChI is InChI=1S/C27H34O/c1-19-23(21-11-5-3-6-12-21)15-9-17-25(19)27(28)26-18-10-16-24(20(26)2)22-13-7-4-8-14-22/h9-10,15-18,21-22H,3-8,11-14H2,1-2H3. The minimum atomic E-state index is 0.213. The zero-order chi connectivity index (χ0) is 19.5. The van der Waals surface area contributed by atoms with Crippen LogP contribution < -0.4 is 0 Å². The lowest BCUT2D eigenvalue weighted by atomic mass is 9.79. The molecule has 2 aromatic carbocycles. The summed E-state index contributed by atoms with van der Waals surface area (Å²) in [5.74, 6) is 1.48. The molecule has 0 radical (unpaired) electrons. The molecule has 0 aromatic heterocycles. The third kappa shape index (κ3) is 3.81. The molecule has 2 aliphatic rings. The van der Waals surface area contributed by atoms with Crippen molar-refractivity contribution in [3.8, 4) is 0 Å². The number of hydrogen-bond acceptors (Lipinski definition) is 1. The number of carbonyl (C=O) groups is 1. The van der Waals surface area contributed by atoms with Crippen LogP contribution in [0.25, 0.3) is 0 Å². The van der Waals surface area contributed by atoms with Crippen LogP contribution in [-0.2, 0) is 0 Å². The van der Waals surface area contributed by atoms with Crippen molar-refractivity contribution in [3.05, 3.63) is 69.8 Å². The molecular formula is C27H34O. The molecule has 0 atom stereocenters. The average Bonchev–Trinajstić information content (AvgIpc) is 2.75. The summed E-state index contributed by atoms with van der Waals surface area (Å²) in [7, 11) is 0. The summed E-state index contributed by atoms with van der Waals surface area (Å²) >= 11 is 0. The van der Waals surface area contributed by atoms with Crippen molar-refractivity contribution >= 4 is 5.78 Å². The Hall–Kier alpha value is -1.89. The van der Waals surface area contributed by atoms with Crippen LogP contribution in [0.4, 0.5) is 0 Å². The molecule has 2 fully saturated rings. The van der Waals surface area contributed by atoms with Gasteiger partial charge in [-0.1, -0.05) is 74.9 Å². The lowest BCUT2D eigenvalue weighted by molar-refractivity contribution is 0.103. The molecule has 0 aliphatic heterocycles. The Balaban J connectivity index is 1.66. The molecule has 2 saturated carbocycles. The van der Waals surface area contributed by atoms with Gasteiger partial charge in [-0.2, -0.15) is 0 Å². The Morgan fingerprint density at radius 3 is 1.43 bits per heavy atom. The Kier molecular flexibility index (Phi) is 5.99. The lowest BCUT2D eigenvalue weighted by Gasteiger charge is -2.25. The van der Waals surface area contributed by atoms with Crippen molar-refractivity contribution in [1.29, 1.82) is 0 Å². The maximum Gasteiger partial charge on any atom is 0.193 e. The van der Waals surface area contributed by atoms with Gasteiger partial charge in [-0.05, 0) is 73.6 Å². The van der Waals surface area contributed by atoms with E-state index in [2.05, 4.69) is 38.1 Å². The van der Waals surface area contributed by atoms with E-state index in [-0.39, 0.29) is 5.78 Å². The topological polar surface area (TPSA) is 17.1 Å². The van der Waals surface area contributed by atoms with Crippen LogP contribution in [0.3, 0.4) is 0 Å². The zero-order valence-electron chi connectivity index (χ0n) is 17.6. The molecule has 28 heavy (non-hydrogen) atoms. The molecule has 0 amide bonds. The van der Waals surface area contributed by atoms with Crippen molar-refractivity contribution in [2.24, 2.45) is 0 Å². The highest BCUT2D eigenvalue weighted by atomic mass is 16.1. The number of hydrogen-bond donors (Lipinski definition) is 0. The molecule has 148 valence electrons. The van der Waals surface area contributed by atoms with E-state index in [1.54, 1.807) is 0 Å². The van der Waals surface area contributed by atoms with Crippen LogP contribution in [0.15, 0.2) is 36.4 Å². The number of rotatable bonds is 4. The van der Waals surface area contributed by atoms with Gasteiger partial charge in [0.15, 0.2) is 5.78 Å². The largest absolute Gasteiger partial charge is 0.289 e. The Labute approximate surface area is 170 Å². The number of benzene rings is 2. The van der Waals surface area contributed by atoms with Gasteiger partial charge in [-0.15, -0.1) is 0 Å². The Morgan fingerprint density at radius 1 is 0.643 bits per heavy atom. The van der Waals surface area contributed by atoms with Gasteiger partial charge in [0.25, 0.3) is 0 Å². The lowest BCUT2D eigenvalue weighted by Crippen LogP contribution is -2.13. The van der Waals surface area contributed by atoms with E-state index >= 15 is 0 Å². The second-order valence-corrected chi connectivity index (χ2v) is 9.04. The van der Waals surface area contributed by atoms with Gasteiger partial charge in [0.2, 0.25) is 0 Å². The second kappa shape index (κ2) is 8.64.